The number of thiophene rings is 1. The summed E-state index contributed by atoms with van der Waals surface area (Å²) in [5.41, 5.74) is 3.30. The number of aryl methyl sites for hydroxylation is 1. The van der Waals surface area contributed by atoms with E-state index in [2.05, 4.69) is 39.0 Å². The molecule has 5 heteroatoms. The lowest BCUT2D eigenvalue weighted by molar-refractivity contribution is 0.0606. The molecule has 1 aromatic carbocycles. The predicted octanol–water partition coefficient (Wildman–Crippen LogP) is 4.34. The van der Waals surface area contributed by atoms with Crippen LogP contribution in [0.25, 0.3) is 10.4 Å². The van der Waals surface area contributed by atoms with Gasteiger partial charge in [0.05, 0.1) is 12.8 Å². The second-order valence-corrected chi connectivity index (χ2v) is 6.58. The number of carbonyl (C=O) groups excluding carboxylic acids is 1. The van der Waals surface area contributed by atoms with Gasteiger partial charge in [-0.2, -0.15) is 0 Å². The highest BCUT2D eigenvalue weighted by molar-refractivity contribution is 9.10. The number of hydrogen-bond donors (Lipinski definition) is 0. The summed E-state index contributed by atoms with van der Waals surface area (Å²) in [6.07, 6.45) is 0. The summed E-state index contributed by atoms with van der Waals surface area (Å²) in [7, 11) is 5.41. The Kier molecular flexibility index (Phi) is 4.50. The number of carbonyl (C=O) groups is 1. The lowest BCUT2D eigenvalue weighted by Crippen LogP contribution is -2.08. The highest BCUT2D eigenvalue weighted by atomic mass is 79.9. The topological polar surface area (TPSA) is 29.5 Å². The number of benzene rings is 1. The number of methoxy groups -OCH3 is 1. The molecule has 0 fully saturated rings. The third-order valence-corrected chi connectivity index (χ3v) is 4.90. The molecule has 106 valence electrons. The molecule has 2 aromatic rings. The molecule has 0 unspecified atom stereocenters. The molecule has 2 rings (SSSR count). The highest BCUT2D eigenvalue weighted by Crippen LogP contribution is 2.36. The van der Waals surface area contributed by atoms with Gasteiger partial charge in [0.2, 0.25) is 0 Å². The number of nitrogens with zero attached hydrogens (tertiary/aromatic N) is 1. The van der Waals surface area contributed by atoms with Crippen LogP contribution in [0.4, 0.5) is 5.69 Å². The average molecular weight is 354 g/mol. The van der Waals surface area contributed by atoms with Gasteiger partial charge in [0, 0.05) is 23.4 Å². The Bertz CT molecular complexity index is 649. The summed E-state index contributed by atoms with van der Waals surface area (Å²) in [5.74, 6) is -0.284. The largest absolute Gasteiger partial charge is 0.465 e. The summed E-state index contributed by atoms with van der Waals surface area (Å²) in [4.78, 5) is 15.4. The minimum Gasteiger partial charge on any atom is -0.465 e. The third kappa shape index (κ3) is 2.88. The maximum atomic E-state index is 11.6. The van der Waals surface area contributed by atoms with Crippen LogP contribution < -0.4 is 4.90 Å². The molecule has 0 aliphatic heterocycles. The van der Waals surface area contributed by atoms with E-state index in [0.717, 1.165) is 26.2 Å². The Hall–Kier alpha value is -1.33. The Morgan fingerprint density at radius 2 is 2.00 bits per heavy atom. The van der Waals surface area contributed by atoms with Crippen LogP contribution in [0.2, 0.25) is 0 Å². The van der Waals surface area contributed by atoms with Crippen molar-refractivity contribution >= 4 is 38.9 Å². The number of rotatable bonds is 3. The Morgan fingerprint density at radius 1 is 1.30 bits per heavy atom. The first-order chi connectivity index (χ1) is 9.43. The van der Waals surface area contributed by atoms with Crippen molar-refractivity contribution in [2.75, 3.05) is 26.1 Å². The lowest BCUT2D eigenvalue weighted by atomic mass is 10.1. The van der Waals surface area contributed by atoms with Crippen molar-refractivity contribution in [3.05, 3.63) is 39.2 Å². The van der Waals surface area contributed by atoms with Crippen LogP contribution in [0.3, 0.4) is 0 Å². The number of esters is 1. The molecule has 1 aromatic heterocycles. The van der Waals surface area contributed by atoms with Crippen LogP contribution in [-0.4, -0.2) is 27.2 Å². The van der Waals surface area contributed by atoms with Gasteiger partial charge in [0.25, 0.3) is 0 Å². The van der Waals surface area contributed by atoms with Gasteiger partial charge in [-0.25, -0.2) is 4.79 Å². The van der Waals surface area contributed by atoms with E-state index in [0.29, 0.717) is 4.88 Å². The summed E-state index contributed by atoms with van der Waals surface area (Å²) >= 11 is 5.05. The molecule has 0 spiro atoms. The minimum atomic E-state index is -0.284. The van der Waals surface area contributed by atoms with E-state index >= 15 is 0 Å². The van der Waals surface area contributed by atoms with E-state index in [1.165, 1.54) is 18.4 Å². The zero-order chi connectivity index (χ0) is 14.9. The van der Waals surface area contributed by atoms with Crippen LogP contribution in [0, 0.1) is 6.92 Å². The molecular formula is C15H16BrNO2S. The molecule has 20 heavy (non-hydrogen) atoms. The fourth-order valence-electron chi connectivity index (χ4n) is 1.98. The second-order valence-electron chi connectivity index (χ2n) is 4.67. The van der Waals surface area contributed by atoms with Crippen LogP contribution in [0.5, 0.6) is 0 Å². The van der Waals surface area contributed by atoms with Crippen LogP contribution in [-0.2, 0) is 4.74 Å². The fourth-order valence-corrected chi connectivity index (χ4v) is 3.80. The van der Waals surface area contributed by atoms with Gasteiger partial charge in [0.1, 0.15) is 4.88 Å². The van der Waals surface area contributed by atoms with Crippen molar-refractivity contribution in [3.63, 3.8) is 0 Å². The van der Waals surface area contributed by atoms with Gasteiger partial charge >= 0.3 is 5.97 Å². The van der Waals surface area contributed by atoms with Crippen molar-refractivity contribution in [3.8, 4) is 10.4 Å². The molecule has 0 saturated carbocycles. The average Bonchev–Trinajstić information content (AvgIpc) is 2.79. The molecule has 0 saturated heterocycles. The van der Waals surface area contributed by atoms with Crippen molar-refractivity contribution in [1.29, 1.82) is 0 Å². The van der Waals surface area contributed by atoms with E-state index in [1.54, 1.807) is 0 Å². The van der Waals surface area contributed by atoms with Crippen LogP contribution in [0.15, 0.2) is 28.7 Å². The van der Waals surface area contributed by atoms with Gasteiger partial charge in [-0.15, -0.1) is 11.3 Å². The second kappa shape index (κ2) is 5.97. The first-order valence-corrected chi connectivity index (χ1v) is 7.71. The van der Waals surface area contributed by atoms with E-state index < -0.39 is 0 Å². The smallest absolute Gasteiger partial charge is 0.348 e. The normalized spacial score (nSPS) is 10.4. The van der Waals surface area contributed by atoms with Gasteiger partial charge in [-0.3, -0.25) is 0 Å². The molecule has 0 N–H and O–H groups in total. The highest BCUT2D eigenvalue weighted by Gasteiger charge is 2.15. The number of halogens is 1. The first kappa shape index (κ1) is 15.1. The molecular weight excluding hydrogens is 338 g/mol. The van der Waals surface area contributed by atoms with E-state index in [1.807, 2.05) is 27.1 Å². The van der Waals surface area contributed by atoms with Crippen molar-refractivity contribution in [1.82, 2.24) is 0 Å². The zero-order valence-electron chi connectivity index (χ0n) is 11.9. The van der Waals surface area contributed by atoms with Crippen molar-refractivity contribution < 1.29 is 9.53 Å². The van der Waals surface area contributed by atoms with E-state index in [4.69, 9.17) is 4.74 Å². The van der Waals surface area contributed by atoms with Gasteiger partial charge < -0.3 is 9.64 Å². The molecule has 0 amide bonds. The third-order valence-electron chi connectivity index (χ3n) is 3.00. The van der Waals surface area contributed by atoms with E-state index in [9.17, 15) is 4.79 Å². The fraction of sp³-hybridized carbons (Fsp3) is 0.267. The lowest BCUT2D eigenvalue weighted by Gasteiger charge is -2.15. The molecule has 3 nitrogen and oxygen atoms in total. The Labute approximate surface area is 131 Å². The Balaban J connectivity index is 2.44. The number of ether oxygens (including phenoxy) is 1. The Morgan fingerprint density at radius 3 is 2.55 bits per heavy atom. The quantitative estimate of drug-likeness (QED) is 0.768. The zero-order valence-corrected chi connectivity index (χ0v) is 14.3. The summed E-state index contributed by atoms with van der Waals surface area (Å²) in [6.45, 7) is 2.01. The SMILES string of the molecule is COC(=O)c1cc(C)c(-c2ccc(N(C)C)c(Br)c2)s1. The summed E-state index contributed by atoms with van der Waals surface area (Å²) in [6, 6.07) is 8.09. The van der Waals surface area contributed by atoms with Crippen LogP contribution in [0.1, 0.15) is 15.2 Å². The molecule has 0 bridgehead atoms. The molecule has 0 atom stereocenters. The van der Waals surface area contributed by atoms with Crippen molar-refractivity contribution in [2.45, 2.75) is 6.92 Å². The number of hydrogen-bond acceptors (Lipinski definition) is 4. The maximum Gasteiger partial charge on any atom is 0.348 e. The molecule has 0 aliphatic carbocycles. The minimum absolute atomic E-state index is 0.284. The van der Waals surface area contributed by atoms with Gasteiger partial charge in [-0.05, 0) is 52.2 Å². The standard InChI is InChI=1S/C15H16BrNO2S/c1-9-7-13(15(18)19-4)20-14(9)10-5-6-12(17(2)3)11(16)8-10/h5-8H,1-4H3. The summed E-state index contributed by atoms with van der Waals surface area (Å²) in [5, 5.41) is 0. The van der Waals surface area contributed by atoms with Crippen molar-refractivity contribution in [2.24, 2.45) is 0 Å². The van der Waals surface area contributed by atoms with E-state index in [-0.39, 0.29) is 5.97 Å². The maximum absolute atomic E-state index is 11.6. The first-order valence-electron chi connectivity index (χ1n) is 6.10. The molecule has 0 radical (unpaired) electrons. The van der Waals surface area contributed by atoms with Gasteiger partial charge in [-0.1, -0.05) is 6.07 Å². The monoisotopic (exact) mass is 353 g/mol. The molecule has 1 heterocycles. The van der Waals surface area contributed by atoms with Gasteiger partial charge in [0.15, 0.2) is 0 Å². The summed E-state index contributed by atoms with van der Waals surface area (Å²) < 4.78 is 5.80. The molecule has 0 aliphatic rings. The van der Waals surface area contributed by atoms with Crippen LogP contribution >= 0.6 is 27.3 Å². The number of anilines is 1. The predicted molar refractivity (Wildman–Crippen MR) is 87.9 cm³/mol.